The first-order chi connectivity index (χ1) is 16.0. The molecule has 1 aromatic heterocycles. The van der Waals surface area contributed by atoms with E-state index in [9.17, 15) is 14.7 Å². The minimum atomic E-state index is -1.08. The van der Waals surface area contributed by atoms with Gasteiger partial charge in [0.05, 0.1) is 24.7 Å². The fourth-order valence-corrected chi connectivity index (χ4v) is 3.93. The normalized spacial score (nSPS) is 10.8. The minimum Gasteiger partial charge on any atom is -0.496 e. The Bertz CT molecular complexity index is 1300. The lowest BCUT2D eigenvalue weighted by Crippen LogP contribution is -2.35. The maximum Gasteiger partial charge on any atom is 0.323 e. The van der Waals surface area contributed by atoms with Gasteiger partial charge in [-0.05, 0) is 36.8 Å². The summed E-state index contributed by atoms with van der Waals surface area (Å²) in [5, 5.41) is 9.40. The molecule has 4 rings (SSSR count). The molecule has 0 radical (unpaired) electrons. The number of hydrogen-bond donors (Lipinski definition) is 1. The van der Waals surface area contributed by atoms with Crippen LogP contribution in [-0.4, -0.2) is 45.1 Å². The highest BCUT2D eigenvalue weighted by Crippen LogP contribution is 2.23. The van der Waals surface area contributed by atoms with Gasteiger partial charge in [0.15, 0.2) is 0 Å². The summed E-state index contributed by atoms with van der Waals surface area (Å²) in [6.07, 6.45) is 0. The molecule has 0 unspecified atom stereocenters. The van der Waals surface area contributed by atoms with Crippen molar-refractivity contribution in [3.8, 4) is 5.75 Å². The highest BCUT2D eigenvalue weighted by atomic mass is 16.5. The van der Waals surface area contributed by atoms with E-state index in [1.807, 2.05) is 49.4 Å². The zero-order valence-corrected chi connectivity index (χ0v) is 18.6. The molecule has 0 bridgehead atoms. The standard InChI is InChI=1S/C26H25N3O4/c1-18-27-22-14-20(12-13-23(22)29(18)15-19-8-4-3-5-9-19)26(32)28(17-25(30)31)16-21-10-6-7-11-24(21)33-2/h3-14H,15-17H2,1-2H3,(H,30,31). The van der Waals surface area contributed by atoms with Crippen molar-refractivity contribution in [3.05, 3.63) is 95.3 Å². The van der Waals surface area contributed by atoms with E-state index in [4.69, 9.17) is 4.74 Å². The summed E-state index contributed by atoms with van der Waals surface area (Å²) in [5.41, 5.74) is 3.90. The van der Waals surface area contributed by atoms with Gasteiger partial charge in [-0.1, -0.05) is 48.5 Å². The molecule has 1 amide bonds. The van der Waals surface area contributed by atoms with Crippen LogP contribution in [0.5, 0.6) is 5.75 Å². The van der Waals surface area contributed by atoms with Gasteiger partial charge >= 0.3 is 5.97 Å². The summed E-state index contributed by atoms with van der Waals surface area (Å²) in [7, 11) is 1.55. The Kier molecular flexibility index (Phi) is 6.40. The Morgan fingerprint density at radius 3 is 2.48 bits per heavy atom. The van der Waals surface area contributed by atoms with Crippen molar-refractivity contribution < 1.29 is 19.4 Å². The number of para-hydroxylation sites is 1. The average Bonchev–Trinajstić information content (AvgIpc) is 3.13. The number of imidazole rings is 1. The molecule has 7 nitrogen and oxygen atoms in total. The van der Waals surface area contributed by atoms with E-state index in [0.29, 0.717) is 23.4 Å². The van der Waals surface area contributed by atoms with Gasteiger partial charge in [-0.3, -0.25) is 9.59 Å². The van der Waals surface area contributed by atoms with Gasteiger partial charge in [0.2, 0.25) is 0 Å². The Labute approximate surface area is 191 Å². The lowest BCUT2D eigenvalue weighted by molar-refractivity contribution is -0.137. The molecule has 33 heavy (non-hydrogen) atoms. The van der Waals surface area contributed by atoms with Crippen LogP contribution in [0.2, 0.25) is 0 Å². The average molecular weight is 444 g/mol. The van der Waals surface area contributed by atoms with Gasteiger partial charge in [0.1, 0.15) is 18.1 Å². The number of aryl methyl sites for hydroxylation is 1. The van der Waals surface area contributed by atoms with Crippen molar-refractivity contribution in [3.63, 3.8) is 0 Å². The van der Waals surface area contributed by atoms with Gasteiger partial charge in [-0.2, -0.15) is 0 Å². The molecule has 1 N–H and O–H groups in total. The smallest absolute Gasteiger partial charge is 0.323 e. The van der Waals surface area contributed by atoms with Gasteiger partial charge < -0.3 is 19.3 Å². The number of carbonyl (C=O) groups excluding carboxylic acids is 1. The number of hydrogen-bond acceptors (Lipinski definition) is 4. The number of rotatable bonds is 8. The molecule has 0 aliphatic rings. The zero-order chi connectivity index (χ0) is 23.4. The number of benzene rings is 3. The van der Waals surface area contributed by atoms with Gasteiger partial charge in [-0.15, -0.1) is 0 Å². The summed E-state index contributed by atoms with van der Waals surface area (Å²) < 4.78 is 7.46. The Morgan fingerprint density at radius 2 is 1.76 bits per heavy atom. The van der Waals surface area contributed by atoms with Crippen molar-refractivity contribution in [1.82, 2.24) is 14.5 Å². The van der Waals surface area contributed by atoms with E-state index in [1.165, 1.54) is 4.90 Å². The van der Waals surface area contributed by atoms with Crippen molar-refractivity contribution >= 4 is 22.9 Å². The first-order valence-electron chi connectivity index (χ1n) is 10.6. The third-order valence-corrected chi connectivity index (χ3v) is 5.54. The monoisotopic (exact) mass is 443 g/mol. The maximum absolute atomic E-state index is 13.3. The van der Waals surface area contributed by atoms with Crippen LogP contribution < -0.4 is 4.74 Å². The Morgan fingerprint density at radius 1 is 1.03 bits per heavy atom. The molecule has 7 heteroatoms. The SMILES string of the molecule is COc1ccccc1CN(CC(=O)O)C(=O)c1ccc2c(c1)nc(C)n2Cc1ccccc1. The zero-order valence-electron chi connectivity index (χ0n) is 18.6. The van der Waals surface area contributed by atoms with Crippen molar-refractivity contribution in [1.29, 1.82) is 0 Å². The van der Waals surface area contributed by atoms with E-state index in [0.717, 1.165) is 22.5 Å². The fourth-order valence-electron chi connectivity index (χ4n) is 3.93. The molecule has 168 valence electrons. The number of aromatic nitrogens is 2. The number of amides is 1. The number of carboxylic acid groups (broad SMARTS) is 1. The molecular formula is C26H25N3O4. The summed E-state index contributed by atoms with van der Waals surface area (Å²) in [5.74, 6) is -0.0101. The molecule has 1 heterocycles. The maximum atomic E-state index is 13.3. The number of methoxy groups -OCH3 is 1. The summed E-state index contributed by atoms with van der Waals surface area (Å²) in [6.45, 7) is 2.31. The van der Waals surface area contributed by atoms with Crippen LogP contribution in [0.25, 0.3) is 11.0 Å². The third-order valence-electron chi connectivity index (χ3n) is 5.54. The van der Waals surface area contributed by atoms with Crippen LogP contribution in [0, 0.1) is 6.92 Å². The van der Waals surface area contributed by atoms with Gasteiger partial charge in [0.25, 0.3) is 5.91 Å². The highest BCUT2D eigenvalue weighted by molar-refractivity contribution is 5.98. The van der Waals surface area contributed by atoms with Gasteiger partial charge in [0, 0.05) is 17.7 Å². The first kappa shape index (κ1) is 22.1. The molecule has 0 atom stereocenters. The van der Waals surface area contributed by atoms with E-state index >= 15 is 0 Å². The van der Waals surface area contributed by atoms with E-state index in [-0.39, 0.29) is 12.5 Å². The van der Waals surface area contributed by atoms with Crippen LogP contribution in [0.1, 0.15) is 27.3 Å². The quantitative estimate of drug-likeness (QED) is 0.443. The van der Waals surface area contributed by atoms with Crippen LogP contribution in [0.3, 0.4) is 0 Å². The molecule has 3 aromatic carbocycles. The lowest BCUT2D eigenvalue weighted by Gasteiger charge is -2.22. The van der Waals surface area contributed by atoms with E-state index < -0.39 is 12.5 Å². The summed E-state index contributed by atoms with van der Waals surface area (Å²) in [4.78, 5) is 30.7. The van der Waals surface area contributed by atoms with Crippen molar-refractivity contribution in [2.45, 2.75) is 20.0 Å². The first-order valence-corrected chi connectivity index (χ1v) is 10.6. The van der Waals surface area contributed by atoms with E-state index in [2.05, 4.69) is 21.7 Å². The highest BCUT2D eigenvalue weighted by Gasteiger charge is 2.21. The second-order valence-corrected chi connectivity index (χ2v) is 7.80. The van der Waals surface area contributed by atoms with Crippen LogP contribution in [0.15, 0.2) is 72.8 Å². The summed E-state index contributed by atoms with van der Waals surface area (Å²) >= 11 is 0. The third kappa shape index (κ3) is 4.87. The van der Waals surface area contributed by atoms with E-state index in [1.54, 1.807) is 25.3 Å². The fraction of sp³-hybridized carbons (Fsp3) is 0.192. The molecule has 0 saturated heterocycles. The molecular weight excluding hydrogens is 418 g/mol. The molecule has 0 spiro atoms. The second-order valence-electron chi connectivity index (χ2n) is 7.80. The molecule has 0 saturated carbocycles. The predicted octanol–water partition coefficient (Wildman–Crippen LogP) is 4.13. The lowest BCUT2D eigenvalue weighted by atomic mass is 10.1. The number of ether oxygens (including phenoxy) is 1. The van der Waals surface area contributed by atoms with Crippen LogP contribution in [0.4, 0.5) is 0 Å². The van der Waals surface area contributed by atoms with Crippen LogP contribution >= 0.6 is 0 Å². The van der Waals surface area contributed by atoms with Crippen molar-refractivity contribution in [2.24, 2.45) is 0 Å². The topological polar surface area (TPSA) is 84.7 Å². The molecule has 0 fully saturated rings. The molecule has 0 aliphatic heterocycles. The summed E-state index contributed by atoms with van der Waals surface area (Å²) in [6, 6.07) is 22.7. The number of aliphatic carboxylic acids is 1. The number of carboxylic acids is 1. The number of carbonyl (C=O) groups is 2. The predicted molar refractivity (Wildman–Crippen MR) is 125 cm³/mol. The van der Waals surface area contributed by atoms with Gasteiger partial charge in [-0.25, -0.2) is 4.98 Å². The minimum absolute atomic E-state index is 0.120. The number of fused-ring (bicyclic) bond motifs is 1. The second kappa shape index (κ2) is 9.56. The molecule has 0 aliphatic carbocycles. The van der Waals surface area contributed by atoms with Crippen LogP contribution in [-0.2, 0) is 17.9 Å². The largest absolute Gasteiger partial charge is 0.496 e. The Hall–Kier alpha value is -4.13. The number of nitrogens with zero attached hydrogens (tertiary/aromatic N) is 3. The Balaban J connectivity index is 1.64. The molecule has 4 aromatic rings. The van der Waals surface area contributed by atoms with Crippen molar-refractivity contribution in [2.75, 3.05) is 13.7 Å².